The number of rotatable bonds is 2. The van der Waals surface area contributed by atoms with Gasteiger partial charge in [-0.1, -0.05) is 18.2 Å². The molecule has 1 atom stereocenters. The van der Waals surface area contributed by atoms with Gasteiger partial charge in [-0.3, -0.25) is 4.79 Å². The number of hydrogen-bond acceptors (Lipinski definition) is 2. The second kappa shape index (κ2) is 5.16. The van der Waals surface area contributed by atoms with Crippen molar-refractivity contribution in [3.8, 4) is 5.75 Å². The summed E-state index contributed by atoms with van der Waals surface area (Å²) in [5.41, 5.74) is 6.22. The van der Waals surface area contributed by atoms with E-state index in [9.17, 15) is 4.79 Å². The van der Waals surface area contributed by atoms with Crippen molar-refractivity contribution in [1.29, 1.82) is 0 Å². The maximum absolute atomic E-state index is 12.1. The molecule has 0 saturated carbocycles. The van der Waals surface area contributed by atoms with Crippen LogP contribution in [0.15, 0.2) is 36.4 Å². The minimum absolute atomic E-state index is 0.0956. The van der Waals surface area contributed by atoms with Crippen LogP contribution in [0.4, 0.5) is 5.69 Å². The van der Waals surface area contributed by atoms with Gasteiger partial charge in [0.25, 0.3) is 0 Å². The van der Waals surface area contributed by atoms with Gasteiger partial charge in [0.15, 0.2) is 0 Å². The number of anilines is 1. The first-order valence-electron chi connectivity index (χ1n) is 7.84. The Bertz CT molecular complexity index is 751. The summed E-state index contributed by atoms with van der Waals surface area (Å²) in [6, 6.07) is 12.6. The largest absolute Gasteiger partial charge is 0.497 e. The molecule has 2 aromatic carbocycles. The van der Waals surface area contributed by atoms with Crippen molar-refractivity contribution < 1.29 is 9.53 Å². The summed E-state index contributed by atoms with van der Waals surface area (Å²) in [6.45, 7) is 0. The number of benzene rings is 2. The molecule has 3 heteroatoms. The van der Waals surface area contributed by atoms with E-state index in [0.717, 1.165) is 29.8 Å². The molecule has 1 N–H and O–H groups in total. The molecular weight excluding hydrogens is 274 g/mol. The van der Waals surface area contributed by atoms with Gasteiger partial charge in [0.2, 0.25) is 5.91 Å². The SMILES string of the molecule is COc1cccc([C@@H]2CC(=O)Nc3cc4c(cc32)CCC4)c1. The van der Waals surface area contributed by atoms with Crippen LogP contribution >= 0.6 is 0 Å². The predicted octanol–water partition coefficient (Wildman–Crippen LogP) is 3.66. The zero-order valence-corrected chi connectivity index (χ0v) is 12.7. The highest BCUT2D eigenvalue weighted by Gasteiger charge is 2.28. The van der Waals surface area contributed by atoms with Crippen LogP contribution in [-0.2, 0) is 17.6 Å². The molecular formula is C19H19NO2. The highest BCUT2D eigenvalue weighted by atomic mass is 16.5. The smallest absolute Gasteiger partial charge is 0.225 e. The average molecular weight is 293 g/mol. The third kappa shape index (κ3) is 2.17. The molecule has 0 unspecified atom stereocenters. The van der Waals surface area contributed by atoms with E-state index >= 15 is 0 Å². The predicted molar refractivity (Wildman–Crippen MR) is 86.6 cm³/mol. The Morgan fingerprint density at radius 2 is 1.95 bits per heavy atom. The average Bonchev–Trinajstić information content (AvgIpc) is 2.99. The standard InChI is InChI=1S/C19H19NO2/c1-22-15-7-3-6-14(8-15)16-11-19(21)20-18-10-13-5-2-4-12(13)9-17(16)18/h3,6-10,16H,2,4-5,11H2,1H3,(H,20,21)/t16-/m0/s1. The van der Waals surface area contributed by atoms with Crippen molar-refractivity contribution in [3.63, 3.8) is 0 Å². The second-order valence-corrected chi connectivity index (χ2v) is 6.14. The second-order valence-electron chi connectivity index (χ2n) is 6.14. The summed E-state index contributed by atoms with van der Waals surface area (Å²) in [5, 5.41) is 3.05. The van der Waals surface area contributed by atoms with Gasteiger partial charge in [0, 0.05) is 18.0 Å². The summed E-state index contributed by atoms with van der Waals surface area (Å²) in [7, 11) is 1.67. The van der Waals surface area contributed by atoms with Gasteiger partial charge in [-0.05, 0) is 59.7 Å². The van der Waals surface area contributed by atoms with E-state index in [-0.39, 0.29) is 11.8 Å². The summed E-state index contributed by atoms with van der Waals surface area (Å²) in [6.07, 6.45) is 4.00. The molecule has 0 spiro atoms. The minimum Gasteiger partial charge on any atom is -0.497 e. The van der Waals surface area contributed by atoms with Gasteiger partial charge in [0.05, 0.1) is 7.11 Å². The zero-order chi connectivity index (χ0) is 15.1. The van der Waals surface area contributed by atoms with Crippen LogP contribution in [0.3, 0.4) is 0 Å². The first-order chi connectivity index (χ1) is 10.7. The van der Waals surface area contributed by atoms with Crippen LogP contribution < -0.4 is 10.1 Å². The molecule has 0 aromatic heterocycles. The molecule has 0 radical (unpaired) electrons. The molecule has 4 rings (SSSR count). The fourth-order valence-electron chi connectivity index (χ4n) is 3.69. The van der Waals surface area contributed by atoms with Crippen LogP contribution in [0.2, 0.25) is 0 Å². The number of ether oxygens (including phenoxy) is 1. The van der Waals surface area contributed by atoms with Gasteiger partial charge in [-0.25, -0.2) is 0 Å². The summed E-state index contributed by atoms with van der Waals surface area (Å²) < 4.78 is 5.33. The Morgan fingerprint density at radius 1 is 1.14 bits per heavy atom. The molecule has 2 aliphatic rings. The number of methoxy groups -OCH3 is 1. The Morgan fingerprint density at radius 3 is 2.77 bits per heavy atom. The molecule has 1 aliphatic heterocycles. The van der Waals surface area contributed by atoms with Crippen molar-refractivity contribution in [3.05, 3.63) is 58.7 Å². The Balaban J connectivity index is 1.83. The third-order valence-electron chi connectivity index (χ3n) is 4.80. The number of amides is 1. The lowest BCUT2D eigenvalue weighted by Crippen LogP contribution is -2.23. The summed E-state index contributed by atoms with van der Waals surface area (Å²) >= 11 is 0. The Labute approximate surface area is 130 Å². The zero-order valence-electron chi connectivity index (χ0n) is 12.7. The van der Waals surface area contributed by atoms with E-state index in [1.807, 2.05) is 18.2 Å². The van der Waals surface area contributed by atoms with Crippen molar-refractivity contribution in [1.82, 2.24) is 0 Å². The van der Waals surface area contributed by atoms with E-state index in [1.54, 1.807) is 7.11 Å². The van der Waals surface area contributed by atoms with Gasteiger partial charge < -0.3 is 10.1 Å². The number of fused-ring (bicyclic) bond motifs is 2. The molecule has 1 aliphatic carbocycles. The number of nitrogens with one attached hydrogen (secondary N) is 1. The molecule has 112 valence electrons. The van der Waals surface area contributed by atoms with E-state index in [1.165, 1.54) is 23.1 Å². The van der Waals surface area contributed by atoms with Crippen LogP contribution in [0.1, 0.15) is 41.0 Å². The molecule has 0 fully saturated rings. The molecule has 2 aromatic rings. The van der Waals surface area contributed by atoms with Crippen LogP contribution in [0.25, 0.3) is 0 Å². The van der Waals surface area contributed by atoms with E-state index in [4.69, 9.17) is 4.74 Å². The highest BCUT2D eigenvalue weighted by Crippen LogP contribution is 2.40. The van der Waals surface area contributed by atoms with Gasteiger partial charge in [-0.15, -0.1) is 0 Å². The molecule has 3 nitrogen and oxygen atoms in total. The van der Waals surface area contributed by atoms with E-state index in [2.05, 4.69) is 23.5 Å². The quantitative estimate of drug-likeness (QED) is 0.917. The maximum atomic E-state index is 12.1. The monoisotopic (exact) mass is 293 g/mol. The van der Waals surface area contributed by atoms with Crippen LogP contribution in [0.5, 0.6) is 5.75 Å². The van der Waals surface area contributed by atoms with Crippen molar-refractivity contribution in [2.75, 3.05) is 12.4 Å². The summed E-state index contributed by atoms with van der Waals surface area (Å²) in [5.74, 6) is 1.05. The first-order valence-corrected chi connectivity index (χ1v) is 7.84. The van der Waals surface area contributed by atoms with Gasteiger partial charge >= 0.3 is 0 Å². The highest BCUT2D eigenvalue weighted by molar-refractivity contribution is 5.95. The summed E-state index contributed by atoms with van der Waals surface area (Å²) in [4.78, 5) is 12.1. The molecule has 0 saturated heterocycles. The van der Waals surface area contributed by atoms with E-state index < -0.39 is 0 Å². The number of carbonyl (C=O) groups excluding carboxylic acids is 1. The number of hydrogen-bond donors (Lipinski definition) is 1. The van der Waals surface area contributed by atoms with Gasteiger partial charge in [0.1, 0.15) is 5.75 Å². The molecule has 1 heterocycles. The topological polar surface area (TPSA) is 38.3 Å². The third-order valence-corrected chi connectivity index (χ3v) is 4.80. The van der Waals surface area contributed by atoms with Crippen molar-refractivity contribution in [2.24, 2.45) is 0 Å². The molecule has 1 amide bonds. The lowest BCUT2D eigenvalue weighted by Gasteiger charge is -2.27. The number of aryl methyl sites for hydroxylation is 2. The van der Waals surface area contributed by atoms with Crippen molar-refractivity contribution >= 4 is 11.6 Å². The maximum Gasteiger partial charge on any atom is 0.225 e. The Kier molecular flexibility index (Phi) is 3.14. The van der Waals surface area contributed by atoms with Crippen LogP contribution in [0, 0.1) is 0 Å². The Hall–Kier alpha value is -2.29. The van der Waals surface area contributed by atoms with Crippen molar-refractivity contribution in [2.45, 2.75) is 31.6 Å². The molecule has 0 bridgehead atoms. The fourth-order valence-corrected chi connectivity index (χ4v) is 3.69. The number of carbonyl (C=O) groups is 1. The van der Waals surface area contributed by atoms with Crippen LogP contribution in [-0.4, -0.2) is 13.0 Å². The normalized spacial score (nSPS) is 19.3. The fraction of sp³-hybridized carbons (Fsp3) is 0.316. The van der Waals surface area contributed by atoms with Gasteiger partial charge in [-0.2, -0.15) is 0 Å². The van der Waals surface area contributed by atoms with E-state index in [0.29, 0.717) is 6.42 Å². The first kappa shape index (κ1) is 13.4. The molecule has 22 heavy (non-hydrogen) atoms. The lowest BCUT2D eigenvalue weighted by atomic mass is 9.83. The minimum atomic E-state index is 0.0956. The lowest BCUT2D eigenvalue weighted by molar-refractivity contribution is -0.116.